The van der Waals surface area contributed by atoms with Crippen molar-refractivity contribution in [2.45, 2.75) is 19.9 Å². The van der Waals surface area contributed by atoms with E-state index in [0.717, 1.165) is 17.1 Å². The average Bonchev–Trinajstić information content (AvgIpc) is 2.64. The molecule has 27 heavy (non-hydrogen) atoms. The van der Waals surface area contributed by atoms with Crippen LogP contribution < -0.4 is 15.4 Å². The monoisotopic (exact) mass is 384 g/mol. The molecule has 0 bridgehead atoms. The SMILES string of the molecule is Cc1cc(NC(C)CO)nc(Nc2ccc(Oc3ccc(Cl)cc3)cc2)n1. The zero-order chi connectivity index (χ0) is 19.2. The number of nitrogens with zero attached hydrogens (tertiary/aromatic N) is 2. The van der Waals surface area contributed by atoms with Crippen LogP contribution in [0, 0.1) is 6.92 Å². The molecule has 0 saturated carbocycles. The number of hydrogen-bond donors (Lipinski definition) is 3. The molecular weight excluding hydrogens is 364 g/mol. The van der Waals surface area contributed by atoms with Gasteiger partial charge in [-0.15, -0.1) is 0 Å². The van der Waals surface area contributed by atoms with E-state index in [1.807, 2.05) is 56.3 Å². The molecule has 0 radical (unpaired) electrons. The molecule has 0 aliphatic heterocycles. The third-order valence-electron chi connectivity index (χ3n) is 3.68. The van der Waals surface area contributed by atoms with Crippen molar-refractivity contribution in [2.75, 3.05) is 17.2 Å². The highest BCUT2D eigenvalue weighted by Gasteiger charge is 2.06. The fourth-order valence-electron chi connectivity index (χ4n) is 2.37. The minimum Gasteiger partial charge on any atom is -0.457 e. The van der Waals surface area contributed by atoms with Gasteiger partial charge in [0.2, 0.25) is 5.95 Å². The first-order chi connectivity index (χ1) is 13.0. The van der Waals surface area contributed by atoms with Gasteiger partial charge in [-0.05, 0) is 62.4 Å². The van der Waals surface area contributed by atoms with Gasteiger partial charge in [0.15, 0.2) is 0 Å². The van der Waals surface area contributed by atoms with E-state index in [1.54, 1.807) is 12.1 Å². The molecule has 0 amide bonds. The second-order valence-corrected chi connectivity index (χ2v) is 6.59. The Morgan fingerprint density at radius 3 is 2.30 bits per heavy atom. The van der Waals surface area contributed by atoms with Gasteiger partial charge in [0.1, 0.15) is 17.3 Å². The highest BCUT2D eigenvalue weighted by Crippen LogP contribution is 2.25. The lowest BCUT2D eigenvalue weighted by molar-refractivity contribution is 0.281. The van der Waals surface area contributed by atoms with Crippen LogP contribution in [0.25, 0.3) is 0 Å². The first-order valence-corrected chi connectivity index (χ1v) is 8.93. The van der Waals surface area contributed by atoms with Crippen molar-refractivity contribution in [3.8, 4) is 11.5 Å². The first-order valence-electron chi connectivity index (χ1n) is 8.55. The molecule has 0 aliphatic rings. The lowest BCUT2D eigenvalue weighted by Gasteiger charge is -2.13. The Bertz CT molecular complexity index is 885. The number of nitrogens with one attached hydrogen (secondary N) is 2. The number of benzene rings is 2. The average molecular weight is 385 g/mol. The Morgan fingerprint density at radius 1 is 1.04 bits per heavy atom. The molecule has 0 saturated heterocycles. The van der Waals surface area contributed by atoms with Crippen LogP contribution >= 0.6 is 11.6 Å². The quantitative estimate of drug-likeness (QED) is 0.544. The maximum atomic E-state index is 9.18. The summed E-state index contributed by atoms with van der Waals surface area (Å²) in [6, 6.07) is 16.4. The van der Waals surface area contributed by atoms with Crippen molar-refractivity contribution in [2.24, 2.45) is 0 Å². The molecule has 0 aliphatic carbocycles. The largest absolute Gasteiger partial charge is 0.457 e. The number of rotatable bonds is 7. The number of aliphatic hydroxyl groups is 1. The molecule has 0 fully saturated rings. The minimum atomic E-state index is -0.0866. The summed E-state index contributed by atoms with van der Waals surface area (Å²) in [5.41, 5.74) is 1.66. The van der Waals surface area contributed by atoms with Crippen LogP contribution in [0.3, 0.4) is 0 Å². The van der Waals surface area contributed by atoms with Crippen LogP contribution in [0.5, 0.6) is 11.5 Å². The molecule has 140 valence electrons. The Balaban J connectivity index is 1.68. The van der Waals surface area contributed by atoms with Gasteiger partial charge < -0.3 is 20.5 Å². The summed E-state index contributed by atoms with van der Waals surface area (Å²) in [5, 5.41) is 16.1. The zero-order valence-electron chi connectivity index (χ0n) is 15.1. The van der Waals surface area contributed by atoms with E-state index in [0.29, 0.717) is 22.5 Å². The summed E-state index contributed by atoms with van der Waals surface area (Å²) in [5.74, 6) is 2.58. The molecule has 1 atom stereocenters. The Morgan fingerprint density at radius 2 is 1.67 bits per heavy atom. The highest BCUT2D eigenvalue weighted by molar-refractivity contribution is 6.30. The van der Waals surface area contributed by atoms with Crippen LogP contribution in [0.4, 0.5) is 17.5 Å². The van der Waals surface area contributed by atoms with Gasteiger partial charge in [-0.25, -0.2) is 4.98 Å². The van der Waals surface area contributed by atoms with Crippen LogP contribution in [0.2, 0.25) is 5.02 Å². The van der Waals surface area contributed by atoms with E-state index >= 15 is 0 Å². The number of aryl methyl sites for hydroxylation is 1. The molecule has 2 aromatic carbocycles. The maximum absolute atomic E-state index is 9.18. The van der Waals surface area contributed by atoms with Crippen molar-refractivity contribution < 1.29 is 9.84 Å². The summed E-state index contributed by atoms with van der Waals surface area (Å²) in [4.78, 5) is 8.82. The second-order valence-electron chi connectivity index (χ2n) is 6.15. The van der Waals surface area contributed by atoms with Crippen LogP contribution in [-0.2, 0) is 0 Å². The standard InChI is InChI=1S/C20H21ClN4O2/c1-13-11-19(22-14(2)12-26)25-20(23-13)24-16-5-9-18(10-6-16)27-17-7-3-15(21)4-8-17/h3-11,14,26H,12H2,1-2H3,(H2,22,23,24,25). The molecule has 1 aromatic heterocycles. The third-order valence-corrected chi connectivity index (χ3v) is 3.93. The molecule has 7 heteroatoms. The number of halogens is 1. The molecule has 1 unspecified atom stereocenters. The topological polar surface area (TPSA) is 79.3 Å². The van der Waals surface area contributed by atoms with Crippen molar-refractivity contribution in [1.82, 2.24) is 9.97 Å². The van der Waals surface area contributed by atoms with Gasteiger partial charge in [-0.2, -0.15) is 4.98 Å². The number of ether oxygens (including phenoxy) is 1. The predicted octanol–water partition coefficient (Wildman–Crippen LogP) is 4.77. The fourth-order valence-corrected chi connectivity index (χ4v) is 2.50. The fraction of sp³-hybridized carbons (Fsp3) is 0.200. The molecule has 3 rings (SSSR count). The van der Waals surface area contributed by atoms with Crippen molar-refractivity contribution in [1.29, 1.82) is 0 Å². The third kappa shape index (κ3) is 5.57. The van der Waals surface area contributed by atoms with Crippen molar-refractivity contribution in [3.63, 3.8) is 0 Å². The molecule has 3 aromatic rings. The van der Waals surface area contributed by atoms with Crippen LogP contribution in [0.15, 0.2) is 54.6 Å². The van der Waals surface area contributed by atoms with Crippen molar-refractivity contribution in [3.05, 3.63) is 65.3 Å². The summed E-state index contributed by atoms with van der Waals surface area (Å²) >= 11 is 5.88. The van der Waals surface area contributed by atoms with Crippen LogP contribution in [-0.4, -0.2) is 27.7 Å². The minimum absolute atomic E-state index is 0.0287. The number of hydrogen-bond acceptors (Lipinski definition) is 6. The van der Waals surface area contributed by atoms with Gasteiger partial charge >= 0.3 is 0 Å². The van der Waals surface area contributed by atoms with Crippen LogP contribution in [0.1, 0.15) is 12.6 Å². The zero-order valence-corrected chi connectivity index (χ0v) is 15.9. The summed E-state index contributed by atoms with van der Waals surface area (Å²) in [7, 11) is 0. The summed E-state index contributed by atoms with van der Waals surface area (Å²) < 4.78 is 5.78. The van der Waals surface area contributed by atoms with Crippen molar-refractivity contribution >= 4 is 29.1 Å². The molecule has 6 nitrogen and oxygen atoms in total. The lowest BCUT2D eigenvalue weighted by Crippen LogP contribution is -2.20. The maximum Gasteiger partial charge on any atom is 0.229 e. The van der Waals surface area contributed by atoms with Gasteiger partial charge in [0.05, 0.1) is 6.61 Å². The smallest absolute Gasteiger partial charge is 0.229 e. The Kier molecular flexibility index (Phi) is 6.11. The molecular formula is C20H21ClN4O2. The molecule has 1 heterocycles. The van der Waals surface area contributed by atoms with Gasteiger partial charge in [0.25, 0.3) is 0 Å². The van der Waals surface area contributed by atoms with E-state index in [9.17, 15) is 5.11 Å². The Hall–Kier alpha value is -2.83. The summed E-state index contributed by atoms with van der Waals surface area (Å²) in [6.07, 6.45) is 0. The summed E-state index contributed by atoms with van der Waals surface area (Å²) in [6.45, 7) is 3.80. The number of anilines is 3. The van der Waals surface area contributed by atoms with E-state index in [2.05, 4.69) is 20.6 Å². The van der Waals surface area contributed by atoms with Gasteiger partial charge in [-0.3, -0.25) is 0 Å². The van der Waals surface area contributed by atoms with E-state index in [1.165, 1.54) is 0 Å². The van der Waals surface area contributed by atoms with E-state index in [4.69, 9.17) is 16.3 Å². The predicted molar refractivity (Wildman–Crippen MR) is 108 cm³/mol. The van der Waals surface area contributed by atoms with Gasteiger partial charge in [0, 0.05) is 28.5 Å². The lowest BCUT2D eigenvalue weighted by atomic mass is 10.3. The normalized spacial score (nSPS) is 11.7. The number of aliphatic hydroxyl groups excluding tert-OH is 1. The van der Waals surface area contributed by atoms with Gasteiger partial charge in [-0.1, -0.05) is 11.6 Å². The molecule has 3 N–H and O–H groups in total. The molecule has 0 spiro atoms. The number of aromatic nitrogens is 2. The first kappa shape index (κ1) is 18.9. The Labute approximate surface area is 163 Å². The second kappa shape index (κ2) is 8.70. The highest BCUT2D eigenvalue weighted by atomic mass is 35.5. The van der Waals surface area contributed by atoms with E-state index in [-0.39, 0.29) is 12.6 Å². The van der Waals surface area contributed by atoms with E-state index < -0.39 is 0 Å².